The van der Waals surface area contributed by atoms with E-state index in [-0.39, 0.29) is 13.0 Å². The van der Waals surface area contributed by atoms with Crippen molar-refractivity contribution < 1.29 is 19.2 Å². The Morgan fingerprint density at radius 2 is 1.81 bits per heavy atom. The monoisotopic (exact) mass is 358 g/mol. The first-order valence-electron chi connectivity index (χ1n) is 8.29. The van der Waals surface area contributed by atoms with Crippen LogP contribution in [-0.4, -0.2) is 36.7 Å². The number of anilines is 1. The molecule has 0 amide bonds. The zero-order chi connectivity index (χ0) is 18.9. The molecule has 0 unspecified atom stereocenters. The average Bonchev–Trinajstić information content (AvgIpc) is 2.66. The molecule has 0 bridgehead atoms. The Morgan fingerprint density at radius 3 is 2.35 bits per heavy atom. The first kappa shape index (κ1) is 19.2. The molecule has 0 saturated carbocycles. The highest BCUT2D eigenvalue weighted by Gasteiger charge is 2.38. The molecule has 0 radical (unpaired) electrons. The van der Waals surface area contributed by atoms with Gasteiger partial charge in [-0.25, -0.2) is 4.79 Å². The van der Waals surface area contributed by atoms with E-state index in [0.29, 0.717) is 11.4 Å². The topological polar surface area (TPSA) is 90.7 Å². The number of carbonyl (C=O) groups excluding carboxylic acids is 1. The predicted octanol–water partition coefficient (Wildman–Crippen LogP) is 2.93. The third-order valence-corrected chi connectivity index (χ3v) is 3.90. The second-order valence-corrected chi connectivity index (χ2v) is 5.64. The van der Waals surface area contributed by atoms with Crippen LogP contribution in [0.15, 0.2) is 54.6 Å². The lowest BCUT2D eigenvalue weighted by Gasteiger charge is -2.22. The van der Waals surface area contributed by atoms with E-state index < -0.39 is 23.0 Å². The molecular formula is C19H22N2O5. The van der Waals surface area contributed by atoms with Crippen LogP contribution in [0.4, 0.5) is 5.69 Å². The quantitative estimate of drug-likeness (QED) is 0.421. The molecule has 2 atom stereocenters. The number of esters is 1. The molecule has 2 aromatic carbocycles. The Balaban J connectivity index is 2.26. The van der Waals surface area contributed by atoms with E-state index in [1.165, 1.54) is 0 Å². The van der Waals surface area contributed by atoms with E-state index in [9.17, 15) is 14.9 Å². The van der Waals surface area contributed by atoms with E-state index in [4.69, 9.17) is 9.47 Å². The summed E-state index contributed by atoms with van der Waals surface area (Å²) in [5.74, 6) is -0.000652. The van der Waals surface area contributed by atoms with Crippen LogP contribution in [-0.2, 0) is 16.0 Å². The van der Waals surface area contributed by atoms with Gasteiger partial charge in [0.05, 0.1) is 13.7 Å². The van der Waals surface area contributed by atoms with Crippen LogP contribution >= 0.6 is 0 Å². The molecule has 26 heavy (non-hydrogen) atoms. The van der Waals surface area contributed by atoms with Crippen molar-refractivity contribution in [3.63, 3.8) is 0 Å². The molecule has 0 aliphatic rings. The second-order valence-electron chi connectivity index (χ2n) is 5.64. The maximum atomic E-state index is 12.4. The van der Waals surface area contributed by atoms with Gasteiger partial charge >= 0.3 is 5.97 Å². The third-order valence-electron chi connectivity index (χ3n) is 3.90. The van der Waals surface area contributed by atoms with Crippen LogP contribution in [0.3, 0.4) is 0 Å². The largest absolute Gasteiger partial charge is 0.497 e. The number of benzene rings is 2. The van der Waals surface area contributed by atoms with Crippen LogP contribution in [0.1, 0.15) is 12.5 Å². The van der Waals surface area contributed by atoms with E-state index in [1.807, 2.05) is 18.2 Å². The van der Waals surface area contributed by atoms with Crippen molar-refractivity contribution in [3.05, 3.63) is 70.3 Å². The summed E-state index contributed by atoms with van der Waals surface area (Å²) in [7, 11) is 1.55. The summed E-state index contributed by atoms with van der Waals surface area (Å²) < 4.78 is 10.2. The number of nitrogens with zero attached hydrogens (tertiary/aromatic N) is 1. The fourth-order valence-corrected chi connectivity index (χ4v) is 2.58. The summed E-state index contributed by atoms with van der Waals surface area (Å²) in [6.45, 7) is 1.82. The molecule has 1 N–H and O–H groups in total. The zero-order valence-electron chi connectivity index (χ0n) is 14.8. The van der Waals surface area contributed by atoms with Crippen LogP contribution in [0, 0.1) is 10.1 Å². The lowest BCUT2D eigenvalue weighted by Crippen LogP contribution is -2.47. The van der Waals surface area contributed by atoms with Crippen molar-refractivity contribution in [2.24, 2.45) is 0 Å². The number of carbonyl (C=O) groups is 1. The normalized spacial score (nSPS) is 12.7. The van der Waals surface area contributed by atoms with Crippen molar-refractivity contribution in [2.75, 3.05) is 19.0 Å². The highest BCUT2D eigenvalue weighted by molar-refractivity contribution is 5.80. The summed E-state index contributed by atoms with van der Waals surface area (Å²) in [6, 6.07) is 13.6. The fraction of sp³-hybridized carbons (Fsp3) is 0.316. The van der Waals surface area contributed by atoms with Crippen LogP contribution in [0.2, 0.25) is 0 Å². The molecule has 0 aromatic heterocycles. The van der Waals surface area contributed by atoms with Gasteiger partial charge in [-0.2, -0.15) is 0 Å². The molecule has 7 heteroatoms. The van der Waals surface area contributed by atoms with Crippen LogP contribution < -0.4 is 10.1 Å². The minimum absolute atomic E-state index is 0.112. The van der Waals surface area contributed by atoms with Crippen molar-refractivity contribution in [1.82, 2.24) is 0 Å². The molecule has 0 saturated heterocycles. The Bertz CT molecular complexity index is 718. The predicted molar refractivity (Wildman–Crippen MR) is 98.0 cm³/mol. The van der Waals surface area contributed by atoms with E-state index in [0.717, 1.165) is 5.56 Å². The lowest BCUT2D eigenvalue weighted by atomic mass is 9.99. The molecular weight excluding hydrogens is 336 g/mol. The molecule has 0 heterocycles. The van der Waals surface area contributed by atoms with Gasteiger partial charge in [0.2, 0.25) is 6.04 Å². The summed E-state index contributed by atoms with van der Waals surface area (Å²) in [5.41, 5.74) is 1.35. The van der Waals surface area contributed by atoms with Gasteiger partial charge in [0, 0.05) is 17.0 Å². The molecule has 0 aliphatic heterocycles. The van der Waals surface area contributed by atoms with E-state index in [1.54, 1.807) is 50.4 Å². The molecule has 0 spiro atoms. The van der Waals surface area contributed by atoms with Gasteiger partial charge in [0.25, 0.3) is 0 Å². The van der Waals surface area contributed by atoms with Gasteiger partial charge in [-0.1, -0.05) is 30.3 Å². The van der Waals surface area contributed by atoms with Gasteiger partial charge < -0.3 is 14.8 Å². The number of ether oxygens (including phenoxy) is 2. The molecule has 2 aromatic rings. The van der Waals surface area contributed by atoms with Crippen LogP contribution in [0.5, 0.6) is 5.75 Å². The first-order chi connectivity index (χ1) is 12.5. The number of rotatable bonds is 9. The number of hydrogen-bond acceptors (Lipinski definition) is 6. The first-order valence-corrected chi connectivity index (χ1v) is 8.29. The fourth-order valence-electron chi connectivity index (χ4n) is 2.58. The maximum Gasteiger partial charge on any atom is 0.335 e. The second kappa shape index (κ2) is 9.41. The number of methoxy groups -OCH3 is 1. The average molecular weight is 358 g/mol. The third kappa shape index (κ3) is 5.20. The Morgan fingerprint density at radius 1 is 1.15 bits per heavy atom. The molecule has 0 aliphatic carbocycles. The van der Waals surface area contributed by atoms with Crippen molar-refractivity contribution in [3.8, 4) is 5.75 Å². The zero-order valence-corrected chi connectivity index (χ0v) is 14.8. The van der Waals surface area contributed by atoms with Crippen molar-refractivity contribution >= 4 is 11.7 Å². The smallest absolute Gasteiger partial charge is 0.335 e. The summed E-state index contributed by atoms with van der Waals surface area (Å²) >= 11 is 0. The van der Waals surface area contributed by atoms with E-state index in [2.05, 4.69) is 5.32 Å². The standard InChI is InChI=1S/C19H22N2O5/c1-3-26-19(22)18(20-15-9-11-16(25-2)12-10-15)17(21(23)24)13-14-7-5-4-6-8-14/h4-12,17-18,20H,3,13H2,1-2H3/t17-,18+/m1/s1. The minimum atomic E-state index is -1.17. The SMILES string of the molecule is CCOC(=O)[C@@H](Nc1ccc(OC)cc1)[C@@H](Cc1ccccc1)[N+](=O)[O-]. The lowest BCUT2D eigenvalue weighted by molar-refractivity contribution is -0.522. The highest BCUT2D eigenvalue weighted by Crippen LogP contribution is 2.19. The summed E-state index contributed by atoms with van der Waals surface area (Å²) in [6.07, 6.45) is 0.112. The van der Waals surface area contributed by atoms with E-state index >= 15 is 0 Å². The Hall–Kier alpha value is -3.09. The maximum absolute atomic E-state index is 12.4. The number of nitrogens with one attached hydrogen (secondary N) is 1. The number of hydrogen-bond donors (Lipinski definition) is 1. The summed E-state index contributed by atoms with van der Waals surface area (Å²) in [5, 5.41) is 14.6. The molecule has 2 rings (SSSR count). The van der Waals surface area contributed by atoms with Gasteiger partial charge in [-0.15, -0.1) is 0 Å². The highest BCUT2D eigenvalue weighted by atomic mass is 16.6. The molecule has 7 nitrogen and oxygen atoms in total. The molecule has 138 valence electrons. The minimum Gasteiger partial charge on any atom is -0.497 e. The van der Waals surface area contributed by atoms with Gasteiger partial charge in [0.1, 0.15) is 5.75 Å². The number of nitro groups is 1. The van der Waals surface area contributed by atoms with Crippen LogP contribution in [0.25, 0.3) is 0 Å². The van der Waals surface area contributed by atoms with Gasteiger partial charge in [0.15, 0.2) is 6.04 Å². The summed E-state index contributed by atoms with van der Waals surface area (Å²) in [4.78, 5) is 23.6. The van der Waals surface area contributed by atoms with Gasteiger partial charge in [-0.3, -0.25) is 10.1 Å². The van der Waals surface area contributed by atoms with Gasteiger partial charge in [-0.05, 0) is 36.8 Å². The van der Waals surface area contributed by atoms with Crippen molar-refractivity contribution in [2.45, 2.75) is 25.4 Å². The molecule has 0 fully saturated rings. The van der Waals surface area contributed by atoms with Crippen molar-refractivity contribution in [1.29, 1.82) is 0 Å². The Labute approximate surface area is 152 Å². The Kier molecular flexibility index (Phi) is 6.96.